The molecule has 1 aromatic heterocycles. The van der Waals surface area contributed by atoms with Crippen LogP contribution in [0.4, 0.5) is 5.69 Å². The molecule has 0 aliphatic rings. The van der Waals surface area contributed by atoms with Gasteiger partial charge in [0, 0.05) is 22.1 Å². The van der Waals surface area contributed by atoms with Gasteiger partial charge >= 0.3 is 0 Å². The first-order valence-electron chi connectivity index (χ1n) is 7.13. The molecule has 2 aromatic carbocycles. The summed E-state index contributed by atoms with van der Waals surface area (Å²) in [6, 6.07) is 14.7. The van der Waals surface area contributed by atoms with Crippen LogP contribution in [0.3, 0.4) is 0 Å². The monoisotopic (exact) mass is 343 g/mol. The maximum atomic E-state index is 4.71. The highest BCUT2D eigenvalue weighted by molar-refractivity contribution is 9.10. The summed E-state index contributed by atoms with van der Waals surface area (Å²) >= 11 is 3.53. The molecule has 3 rings (SSSR count). The first kappa shape index (κ1) is 14.1. The Kier molecular flexibility index (Phi) is 3.97. The fraction of sp³-hybridized carbons (Fsp3) is 0.235. The number of aryl methyl sites for hydroxylation is 2. The van der Waals surface area contributed by atoms with Crippen molar-refractivity contribution < 1.29 is 0 Å². The van der Waals surface area contributed by atoms with Gasteiger partial charge in [-0.1, -0.05) is 34.1 Å². The van der Waals surface area contributed by atoms with Gasteiger partial charge in [-0.15, -0.1) is 0 Å². The van der Waals surface area contributed by atoms with Crippen LogP contribution in [-0.4, -0.2) is 9.78 Å². The molecule has 0 saturated heterocycles. The lowest BCUT2D eigenvalue weighted by atomic mass is 10.2. The Labute approximate surface area is 133 Å². The van der Waals surface area contributed by atoms with Gasteiger partial charge in [0.2, 0.25) is 0 Å². The van der Waals surface area contributed by atoms with E-state index in [9.17, 15) is 0 Å². The second-order valence-corrected chi connectivity index (χ2v) is 6.07. The number of nitrogens with zero attached hydrogens (tertiary/aromatic N) is 2. The summed E-state index contributed by atoms with van der Waals surface area (Å²) in [6.45, 7) is 5.82. The van der Waals surface area contributed by atoms with Crippen LogP contribution in [0.1, 0.15) is 18.2 Å². The fourth-order valence-electron chi connectivity index (χ4n) is 2.59. The maximum absolute atomic E-state index is 4.71. The van der Waals surface area contributed by atoms with E-state index in [2.05, 4.69) is 82.2 Å². The molecule has 0 unspecified atom stereocenters. The van der Waals surface area contributed by atoms with Gasteiger partial charge in [0.25, 0.3) is 0 Å². The van der Waals surface area contributed by atoms with Crippen LogP contribution < -0.4 is 5.32 Å². The van der Waals surface area contributed by atoms with Gasteiger partial charge in [0.1, 0.15) is 0 Å². The molecule has 0 aliphatic heterocycles. The third-order valence-corrected chi connectivity index (χ3v) is 3.99. The van der Waals surface area contributed by atoms with Crippen molar-refractivity contribution in [2.24, 2.45) is 0 Å². The Morgan fingerprint density at radius 3 is 2.76 bits per heavy atom. The number of hydrogen-bond donors (Lipinski definition) is 1. The summed E-state index contributed by atoms with van der Waals surface area (Å²) in [5, 5.41) is 9.40. The number of hydrogen-bond acceptors (Lipinski definition) is 2. The van der Waals surface area contributed by atoms with Crippen LogP contribution in [-0.2, 0) is 13.1 Å². The van der Waals surface area contributed by atoms with Crippen molar-refractivity contribution in [2.75, 3.05) is 5.32 Å². The van der Waals surface area contributed by atoms with E-state index in [1.54, 1.807) is 0 Å². The molecule has 1 N–H and O–H groups in total. The molecule has 108 valence electrons. The lowest BCUT2D eigenvalue weighted by Crippen LogP contribution is -2.02. The highest BCUT2D eigenvalue weighted by Gasteiger charge is 2.08. The predicted octanol–water partition coefficient (Wildman–Crippen LogP) is 4.74. The number of anilines is 1. The second-order valence-electron chi connectivity index (χ2n) is 5.15. The Morgan fingerprint density at radius 1 is 1.19 bits per heavy atom. The minimum Gasteiger partial charge on any atom is -0.379 e. The van der Waals surface area contributed by atoms with Crippen LogP contribution in [0.5, 0.6) is 0 Å². The highest BCUT2D eigenvalue weighted by Crippen LogP contribution is 2.22. The number of halogens is 1. The van der Waals surface area contributed by atoms with Gasteiger partial charge < -0.3 is 5.32 Å². The Balaban J connectivity index is 1.88. The summed E-state index contributed by atoms with van der Waals surface area (Å²) in [5.74, 6) is 0. The Bertz CT molecular complexity index is 757. The molecule has 3 aromatic rings. The molecular formula is C17H18BrN3. The molecule has 0 radical (unpaired) electrons. The van der Waals surface area contributed by atoms with Crippen molar-refractivity contribution >= 4 is 32.5 Å². The summed E-state index contributed by atoms with van der Waals surface area (Å²) in [7, 11) is 0. The van der Waals surface area contributed by atoms with Gasteiger partial charge in [-0.05, 0) is 43.7 Å². The van der Waals surface area contributed by atoms with Gasteiger partial charge in [-0.2, -0.15) is 5.10 Å². The highest BCUT2D eigenvalue weighted by atomic mass is 79.9. The lowest BCUT2D eigenvalue weighted by Gasteiger charge is -2.07. The van der Waals surface area contributed by atoms with Gasteiger partial charge in [-0.25, -0.2) is 0 Å². The number of benzene rings is 2. The zero-order chi connectivity index (χ0) is 14.8. The number of aromatic nitrogens is 2. The third kappa shape index (κ3) is 2.95. The first-order valence-corrected chi connectivity index (χ1v) is 7.92. The average Bonchev–Trinajstić information content (AvgIpc) is 2.82. The smallest absolute Gasteiger partial charge is 0.0894 e. The van der Waals surface area contributed by atoms with Crippen LogP contribution in [0, 0.1) is 6.92 Å². The van der Waals surface area contributed by atoms with E-state index < -0.39 is 0 Å². The quantitative estimate of drug-likeness (QED) is 0.741. The largest absolute Gasteiger partial charge is 0.379 e. The van der Waals surface area contributed by atoms with E-state index in [4.69, 9.17) is 5.10 Å². The normalized spacial score (nSPS) is 11.0. The van der Waals surface area contributed by atoms with E-state index in [1.165, 1.54) is 16.5 Å². The molecule has 0 spiro atoms. The molecule has 0 atom stereocenters. The molecule has 0 aliphatic carbocycles. The molecule has 0 amide bonds. The van der Waals surface area contributed by atoms with E-state index >= 15 is 0 Å². The molecule has 21 heavy (non-hydrogen) atoms. The van der Waals surface area contributed by atoms with E-state index in [-0.39, 0.29) is 0 Å². The summed E-state index contributed by atoms with van der Waals surface area (Å²) in [5.41, 5.74) is 4.63. The molecule has 3 nitrogen and oxygen atoms in total. The minimum absolute atomic E-state index is 0.726. The van der Waals surface area contributed by atoms with Gasteiger partial charge in [-0.3, -0.25) is 4.68 Å². The Morgan fingerprint density at radius 2 is 2.00 bits per heavy atom. The van der Waals surface area contributed by atoms with E-state index in [1.807, 2.05) is 0 Å². The zero-order valence-electron chi connectivity index (χ0n) is 12.2. The summed E-state index contributed by atoms with van der Waals surface area (Å²) in [6.07, 6.45) is 0. The van der Waals surface area contributed by atoms with Crippen molar-refractivity contribution in [3.8, 4) is 0 Å². The zero-order valence-corrected chi connectivity index (χ0v) is 13.8. The van der Waals surface area contributed by atoms with Crippen LogP contribution in [0.2, 0.25) is 0 Å². The third-order valence-electron chi connectivity index (χ3n) is 3.54. The summed E-state index contributed by atoms with van der Waals surface area (Å²) in [4.78, 5) is 0. The summed E-state index contributed by atoms with van der Waals surface area (Å²) < 4.78 is 3.15. The van der Waals surface area contributed by atoms with Crippen molar-refractivity contribution in [2.45, 2.75) is 26.9 Å². The lowest BCUT2D eigenvalue weighted by molar-refractivity contribution is 0.671. The van der Waals surface area contributed by atoms with Crippen LogP contribution in [0.15, 0.2) is 46.9 Å². The van der Waals surface area contributed by atoms with Gasteiger partial charge in [0.05, 0.1) is 17.8 Å². The van der Waals surface area contributed by atoms with E-state index in [0.29, 0.717) is 0 Å². The fourth-order valence-corrected chi connectivity index (χ4v) is 3.20. The predicted molar refractivity (Wildman–Crippen MR) is 91.6 cm³/mol. The van der Waals surface area contributed by atoms with Crippen molar-refractivity contribution in [3.05, 3.63) is 58.2 Å². The maximum Gasteiger partial charge on any atom is 0.0894 e. The van der Waals surface area contributed by atoms with Crippen molar-refractivity contribution in [1.29, 1.82) is 0 Å². The van der Waals surface area contributed by atoms with Crippen molar-refractivity contribution in [1.82, 2.24) is 9.78 Å². The average molecular weight is 344 g/mol. The molecule has 0 fully saturated rings. The molecule has 1 heterocycles. The number of para-hydroxylation sites is 1. The minimum atomic E-state index is 0.726. The second kappa shape index (κ2) is 5.90. The standard InChI is InChI=1S/C17H18BrN3/c1-3-21-17-7-5-4-6-15(17)16(20-21)11-19-14-9-12(2)8-13(18)10-14/h4-10,19H,3,11H2,1-2H3. The van der Waals surface area contributed by atoms with Crippen LogP contribution in [0.25, 0.3) is 10.9 Å². The molecule has 4 heteroatoms. The van der Waals surface area contributed by atoms with Gasteiger partial charge in [0.15, 0.2) is 0 Å². The van der Waals surface area contributed by atoms with E-state index in [0.717, 1.165) is 28.9 Å². The topological polar surface area (TPSA) is 29.9 Å². The van der Waals surface area contributed by atoms with Crippen LogP contribution >= 0.6 is 15.9 Å². The van der Waals surface area contributed by atoms with Crippen molar-refractivity contribution in [3.63, 3.8) is 0 Å². The number of nitrogens with one attached hydrogen (secondary N) is 1. The number of rotatable bonds is 4. The molecule has 0 saturated carbocycles. The Hall–Kier alpha value is -1.81. The first-order chi connectivity index (χ1) is 10.2. The molecular weight excluding hydrogens is 326 g/mol. The molecule has 0 bridgehead atoms. The number of fused-ring (bicyclic) bond motifs is 1. The SMILES string of the molecule is CCn1nc(CNc2cc(C)cc(Br)c2)c2ccccc21.